The van der Waals surface area contributed by atoms with E-state index in [1.807, 2.05) is 36.0 Å². The molecule has 1 unspecified atom stereocenters. The molecule has 2 aromatic heterocycles. The van der Waals surface area contributed by atoms with E-state index in [0.717, 1.165) is 11.1 Å². The molecule has 10 nitrogen and oxygen atoms in total. The molecular formula is C33H33FN6O4. The summed E-state index contributed by atoms with van der Waals surface area (Å²) < 4.78 is 22.7. The van der Waals surface area contributed by atoms with Crippen LogP contribution >= 0.6 is 0 Å². The molecule has 226 valence electrons. The zero-order valence-corrected chi connectivity index (χ0v) is 25.0. The molecule has 6 rings (SSSR count). The van der Waals surface area contributed by atoms with Gasteiger partial charge in [0.15, 0.2) is 11.3 Å². The lowest BCUT2D eigenvalue weighted by atomic mass is 9.86. The minimum atomic E-state index is -0.723. The van der Waals surface area contributed by atoms with Crippen molar-refractivity contribution >= 4 is 23.0 Å². The molecule has 1 N–H and O–H groups in total. The van der Waals surface area contributed by atoms with Crippen molar-refractivity contribution in [2.45, 2.75) is 12.5 Å². The van der Waals surface area contributed by atoms with Gasteiger partial charge in [0.05, 0.1) is 6.04 Å². The number of aromatic nitrogens is 3. The lowest BCUT2D eigenvalue weighted by molar-refractivity contribution is 0.0786. The van der Waals surface area contributed by atoms with Gasteiger partial charge < -0.3 is 24.2 Å². The number of rotatable bonds is 7. The van der Waals surface area contributed by atoms with Gasteiger partial charge in [0.25, 0.3) is 17.4 Å². The van der Waals surface area contributed by atoms with E-state index in [-0.39, 0.29) is 23.4 Å². The third-order valence-corrected chi connectivity index (χ3v) is 8.05. The van der Waals surface area contributed by atoms with Gasteiger partial charge in [-0.15, -0.1) is 0 Å². The number of anilines is 1. The van der Waals surface area contributed by atoms with Crippen LogP contribution in [0.2, 0.25) is 0 Å². The maximum Gasteiger partial charge on any atom is 0.297 e. The first-order valence-electron chi connectivity index (χ1n) is 14.3. The number of amides is 1. The van der Waals surface area contributed by atoms with Gasteiger partial charge in [-0.2, -0.15) is 0 Å². The van der Waals surface area contributed by atoms with E-state index in [4.69, 9.17) is 9.40 Å². The molecule has 0 radical (unpaired) electrons. The maximum absolute atomic E-state index is 15.6. The van der Waals surface area contributed by atoms with Crippen LogP contribution in [0.15, 0.2) is 75.9 Å². The number of oxazole rings is 1. The van der Waals surface area contributed by atoms with Gasteiger partial charge >= 0.3 is 0 Å². The largest absolute Gasteiger partial charge is 0.501 e. The molecule has 0 saturated heterocycles. The Bertz CT molecular complexity index is 1900. The van der Waals surface area contributed by atoms with Crippen molar-refractivity contribution in [2.75, 3.05) is 45.7 Å². The quantitative estimate of drug-likeness (QED) is 0.298. The summed E-state index contributed by atoms with van der Waals surface area (Å²) in [6.07, 6.45) is 0.556. The molecule has 0 spiro atoms. The van der Waals surface area contributed by atoms with E-state index in [1.54, 1.807) is 60.5 Å². The van der Waals surface area contributed by atoms with Gasteiger partial charge in [-0.25, -0.2) is 14.4 Å². The predicted molar refractivity (Wildman–Crippen MR) is 165 cm³/mol. The van der Waals surface area contributed by atoms with E-state index in [1.165, 1.54) is 17.7 Å². The lowest BCUT2D eigenvalue weighted by Gasteiger charge is -2.39. The van der Waals surface area contributed by atoms with Crippen LogP contribution in [0.1, 0.15) is 33.1 Å². The van der Waals surface area contributed by atoms with Gasteiger partial charge in [0, 0.05) is 44.9 Å². The van der Waals surface area contributed by atoms with Crippen molar-refractivity contribution in [3.8, 4) is 17.3 Å². The molecule has 44 heavy (non-hydrogen) atoms. The Morgan fingerprint density at radius 1 is 1.02 bits per heavy atom. The number of carbonyl (C=O) groups excluding carboxylic acids is 1. The SMILES string of the molecule is CN(C)CCN(C)C(=O)c1ccc2c(c1)C(c1ccccc1F)N(c1nc(-c3nc4ccccc4o3)c(O)c(=O)n1C)CC2. The Morgan fingerprint density at radius 3 is 2.52 bits per heavy atom. The third kappa shape index (κ3) is 5.19. The van der Waals surface area contributed by atoms with Gasteiger partial charge in [-0.1, -0.05) is 36.4 Å². The van der Waals surface area contributed by atoms with E-state index >= 15 is 4.39 Å². The average molecular weight is 597 g/mol. The fraction of sp³-hybridized carbons (Fsp3) is 0.273. The molecule has 3 heterocycles. The smallest absolute Gasteiger partial charge is 0.297 e. The molecule has 11 heteroatoms. The number of carbonyl (C=O) groups is 1. The van der Waals surface area contributed by atoms with Gasteiger partial charge in [0.1, 0.15) is 11.3 Å². The number of aromatic hydroxyl groups is 1. The summed E-state index contributed by atoms with van der Waals surface area (Å²) in [4.78, 5) is 41.5. The van der Waals surface area contributed by atoms with Gasteiger partial charge in [0.2, 0.25) is 11.7 Å². The normalized spacial score (nSPS) is 14.7. The summed E-state index contributed by atoms with van der Waals surface area (Å²) in [6, 6.07) is 18.4. The molecule has 1 aliphatic heterocycles. The Morgan fingerprint density at radius 2 is 1.77 bits per heavy atom. The van der Waals surface area contributed by atoms with E-state index in [0.29, 0.717) is 48.3 Å². The highest BCUT2D eigenvalue weighted by atomic mass is 19.1. The van der Waals surface area contributed by atoms with Crippen LogP contribution < -0.4 is 10.5 Å². The van der Waals surface area contributed by atoms with Crippen LogP contribution in [-0.2, 0) is 13.5 Å². The molecule has 0 aliphatic carbocycles. The highest BCUT2D eigenvalue weighted by Crippen LogP contribution is 2.40. The van der Waals surface area contributed by atoms with Crippen molar-refractivity contribution in [1.29, 1.82) is 0 Å². The highest BCUT2D eigenvalue weighted by Gasteiger charge is 2.35. The molecule has 1 atom stereocenters. The van der Waals surface area contributed by atoms with Crippen LogP contribution in [0, 0.1) is 5.82 Å². The Hall–Kier alpha value is -5.03. The minimum absolute atomic E-state index is 0.00357. The second-order valence-electron chi connectivity index (χ2n) is 11.3. The summed E-state index contributed by atoms with van der Waals surface area (Å²) in [5, 5.41) is 10.9. The number of fused-ring (bicyclic) bond motifs is 2. The zero-order chi connectivity index (χ0) is 31.1. The molecular weight excluding hydrogens is 563 g/mol. The first-order valence-corrected chi connectivity index (χ1v) is 14.3. The Labute approximate surface area is 253 Å². The van der Waals surface area contributed by atoms with E-state index in [9.17, 15) is 14.7 Å². The lowest BCUT2D eigenvalue weighted by Crippen LogP contribution is -2.41. The zero-order valence-electron chi connectivity index (χ0n) is 25.0. The summed E-state index contributed by atoms with van der Waals surface area (Å²) in [7, 11) is 7.17. The highest BCUT2D eigenvalue weighted by molar-refractivity contribution is 5.94. The first kappa shape index (κ1) is 29.1. The predicted octanol–water partition coefficient (Wildman–Crippen LogP) is 4.22. The molecule has 0 bridgehead atoms. The second-order valence-corrected chi connectivity index (χ2v) is 11.3. The number of benzene rings is 3. The fourth-order valence-electron chi connectivity index (χ4n) is 5.63. The number of hydrogen-bond acceptors (Lipinski definition) is 8. The topological polar surface area (TPSA) is 108 Å². The molecule has 1 aliphatic rings. The van der Waals surface area contributed by atoms with E-state index in [2.05, 4.69) is 4.98 Å². The van der Waals surface area contributed by atoms with Gasteiger partial charge in [-0.05, 0) is 62.0 Å². The number of hydrogen-bond donors (Lipinski definition) is 1. The van der Waals surface area contributed by atoms with Gasteiger partial charge in [-0.3, -0.25) is 14.2 Å². The van der Waals surface area contributed by atoms with Crippen LogP contribution in [0.3, 0.4) is 0 Å². The fourth-order valence-corrected chi connectivity index (χ4v) is 5.63. The van der Waals surface area contributed by atoms with Crippen molar-refractivity contribution < 1.29 is 18.7 Å². The second kappa shape index (κ2) is 11.6. The minimum Gasteiger partial charge on any atom is -0.501 e. The third-order valence-electron chi connectivity index (χ3n) is 8.05. The summed E-state index contributed by atoms with van der Waals surface area (Å²) >= 11 is 0. The summed E-state index contributed by atoms with van der Waals surface area (Å²) in [5.74, 6) is -0.984. The van der Waals surface area contributed by atoms with Crippen LogP contribution in [-0.4, -0.2) is 76.1 Å². The molecule has 0 saturated carbocycles. The average Bonchev–Trinajstić information content (AvgIpc) is 3.46. The van der Waals surface area contributed by atoms with Crippen molar-refractivity contribution in [3.05, 3.63) is 105 Å². The monoisotopic (exact) mass is 596 g/mol. The molecule has 0 fully saturated rings. The number of para-hydroxylation sites is 2. The van der Waals surface area contributed by atoms with Crippen LogP contribution in [0.25, 0.3) is 22.7 Å². The van der Waals surface area contributed by atoms with Crippen molar-refractivity contribution in [1.82, 2.24) is 24.3 Å². The van der Waals surface area contributed by atoms with Crippen molar-refractivity contribution in [3.63, 3.8) is 0 Å². The summed E-state index contributed by atoms with van der Waals surface area (Å²) in [6.45, 7) is 1.64. The first-order chi connectivity index (χ1) is 21.1. The van der Waals surface area contributed by atoms with Crippen LogP contribution in [0.5, 0.6) is 5.75 Å². The summed E-state index contributed by atoms with van der Waals surface area (Å²) in [5.41, 5.74) is 2.77. The number of nitrogens with zero attached hydrogens (tertiary/aromatic N) is 6. The van der Waals surface area contributed by atoms with Crippen molar-refractivity contribution in [2.24, 2.45) is 7.05 Å². The van der Waals surface area contributed by atoms with Crippen LogP contribution in [0.4, 0.5) is 10.3 Å². The number of likely N-dealkylation sites (N-methyl/N-ethyl adjacent to an activating group) is 2. The maximum atomic E-state index is 15.6. The molecule has 1 amide bonds. The van der Waals surface area contributed by atoms with E-state index < -0.39 is 23.2 Å². The molecule has 3 aromatic carbocycles. The standard InChI is InChI=1S/C33H33FN6O4/c1-37(2)17-18-38(3)31(42)21-14-13-20-15-16-40(28(23(20)19-21)22-9-5-6-10-24(22)34)33-36-27(29(41)32(43)39(33)4)30-35-25-11-7-8-12-26(25)44-30/h5-14,19,28,41H,15-18H2,1-4H3. The Kier molecular flexibility index (Phi) is 7.64. The molecule has 5 aromatic rings. The Balaban J connectivity index is 1.49. The number of halogens is 1.